The summed E-state index contributed by atoms with van der Waals surface area (Å²) < 4.78 is 1.86. The molecule has 3 aromatic carbocycles. The maximum absolute atomic E-state index is 13.7. The van der Waals surface area contributed by atoms with E-state index in [2.05, 4.69) is 81.7 Å². The molecule has 1 aliphatic heterocycles. The molecule has 0 bridgehead atoms. The molecule has 5 aromatic rings. The van der Waals surface area contributed by atoms with Crippen LogP contribution < -0.4 is 10.5 Å². The third-order valence-corrected chi connectivity index (χ3v) is 7.56. The van der Waals surface area contributed by atoms with Gasteiger partial charge in [0.2, 0.25) is 0 Å². The number of rotatable bonds is 6. The topological polar surface area (TPSA) is 79.7 Å². The molecule has 2 aromatic heterocycles. The van der Waals surface area contributed by atoms with Crippen molar-refractivity contribution in [1.29, 1.82) is 0 Å². The van der Waals surface area contributed by atoms with Gasteiger partial charge in [0.05, 0.1) is 5.52 Å². The molecule has 7 heteroatoms. The Morgan fingerprint density at radius 2 is 1.76 bits per heavy atom. The van der Waals surface area contributed by atoms with Crippen molar-refractivity contribution in [3.8, 4) is 0 Å². The van der Waals surface area contributed by atoms with E-state index < -0.39 is 6.04 Å². The van der Waals surface area contributed by atoms with Crippen LogP contribution in [0, 0.1) is 13.8 Å². The second-order valence-electron chi connectivity index (χ2n) is 10.0. The lowest BCUT2D eigenvalue weighted by Crippen LogP contribution is -2.39. The summed E-state index contributed by atoms with van der Waals surface area (Å²) in [7, 11) is 0. The Labute approximate surface area is 215 Å². The minimum absolute atomic E-state index is 0.111. The van der Waals surface area contributed by atoms with Crippen molar-refractivity contribution in [2.75, 3.05) is 4.90 Å². The summed E-state index contributed by atoms with van der Waals surface area (Å²) in [5.41, 5.74) is 7.20. The van der Waals surface area contributed by atoms with E-state index in [0.29, 0.717) is 17.9 Å². The van der Waals surface area contributed by atoms with Gasteiger partial charge in [-0.05, 0) is 78.4 Å². The number of aryl methyl sites for hydroxylation is 4. The molecule has 1 N–H and O–H groups in total. The molecule has 6 rings (SSSR count). The molecule has 2 atom stereocenters. The lowest BCUT2D eigenvalue weighted by atomic mass is 9.99. The molecule has 3 heterocycles. The fourth-order valence-electron chi connectivity index (χ4n) is 5.64. The summed E-state index contributed by atoms with van der Waals surface area (Å²) in [5, 5.41) is 14.0. The van der Waals surface area contributed by atoms with Crippen molar-refractivity contribution in [3.05, 3.63) is 117 Å². The number of hydrogen-bond acceptors (Lipinski definition) is 5. The van der Waals surface area contributed by atoms with E-state index in [1.54, 1.807) is 0 Å². The SMILES string of the molecule is Cc1ccc(C)c2[nH]c(=O)c(C(c3nnnn3CCc3ccccc3)N3c4ccccc4CC3C)cc12. The van der Waals surface area contributed by atoms with Crippen LogP contribution in [0.2, 0.25) is 0 Å². The van der Waals surface area contributed by atoms with E-state index in [4.69, 9.17) is 0 Å². The van der Waals surface area contributed by atoms with Crippen molar-refractivity contribution in [2.45, 2.75) is 52.2 Å². The van der Waals surface area contributed by atoms with Gasteiger partial charge in [-0.3, -0.25) is 4.79 Å². The first kappa shape index (κ1) is 23.2. The van der Waals surface area contributed by atoms with Crippen LogP contribution in [0.15, 0.2) is 77.6 Å². The number of hydrogen-bond donors (Lipinski definition) is 1. The van der Waals surface area contributed by atoms with Gasteiger partial charge in [0.15, 0.2) is 5.82 Å². The van der Waals surface area contributed by atoms with Crippen molar-refractivity contribution in [2.24, 2.45) is 0 Å². The zero-order chi connectivity index (χ0) is 25.5. The molecule has 0 amide bonds. The molecule has 0 saturated heterocycles. The highest BCUT2D eigenvalue weighted by Gasteiger charge is 2.37. The standard InChI is InChI=1S/C30H30N6O/c1-19-13-14-20(2)27-24(19)18-25(30(37)31-27)28(36-21(3)17-23-11-7-8-12-26(23)36)29-32-33-34-35(29)16-15-22-9-5-4-6-10-22/h4-14,18,21,28H,15-17H2,1-3H3,(H,31,37). The van der Waals surface area contributed by atoms with Gasteiger partial charge in [0.25, 0.3) is 5.56 Å². The lowest BCUT2D eigenvalue weighted by Gasteiger charge is -2.33. The third-order valence-electron chi connectivity index (χ3n) is 7.56. The summed E-state index contributed by atoms with van der Waals surface area (Å²) in [6.07, 6.45) is 1.70. The fourth-order valence-corrected chi connectivity index (χ4v) is 5.64. The van der Waals surface area contributed by atoms with Crippen molar-refractivity contribution in [1.82, 2.24) is 25.2 Å². The first-order valence-electron chi connectivity index (χ1n) is 12.8. The van der Waals surface area contributed by atoms with Gasteiger partial charge in [-0.25, -0.2) is 4.68 Å². The minimum atomic E-state index is -0.433. The summed E-state index contributed by atoms with van der Waals surface area (Å²) in [6, 6.07) is 24.7. The largest absolute Gasteiger partial charge is 0.354 e. The molecule has 0 spiro atoms. The summed E-state index contributed by atoms with van der Waals surface area (Å²) >= 11 is 0. The van der Waals surface area contributed by atoms with Gasteiger partial charge < -0.3 is 9.88 Å². The first-order chi connectivity index (χ1) is 18.0. The van der Waals surface area contributed by atoms with E-state index in [1.165, 1.54) is 11.1 Å². The Kier molecular flexibility index (Phi) is 5.83. The van der Waals surface area contributed by atoms with Crippen LogP contribution in [0.4, 0.5) is 5.69 Å². The number of nitrogens with zero attached hydrogens (tertiary/aromatic N) is 5. The quantitative estimate of drug-likeness (QED) is 0.366. The smallest absolute Gasteiger partial charge is 0.254 e. The highest BCUT2D eigenvalue weighted by Crippen LogP contribution is 2.40. The summed E-state index contributed by atoms with van der Waals surface area (Å²) in [6.45, 7) is 6.93. The van der Waals surface area contributed by atoms with Crippen LogP contribution in [0.5, 0.6) is 0 Å². The van der Waals surface area contributed by atoms with Gasteiger partial charge in [0.1, 0.15) is 6.04 Å². The molecular weight excluding hydrogens is 460 g/mol. The molecular formula is C30H30N6O. The first-order valence-corrected chi connectivity index (χ1v) is 12.8. The van der Waals surface area contributed by atoms with Gasteiger partial charge in [-0.1, -0.05) is 60.7 Å². The van der Waals surface area contributed by atoms with Crippen LogP contribution in [0.3, 0.4) is 0 Å². The number of aromatic amines is 1. The maximum Gasteiger partial charge on any atom is 0.254 e. The average molecular weight is 491 g/mol. The number of nitrogens with one attached hydrogen (secondary N) is 1. The van der Waals surface area contributed by atoms with Crippen LogP contribution in [0.1, 0.15) is 46.6 Å². The van der Waals surface area contributed by atoms with E-state index in [9.17, 15) is 4.79 Å². The number of anilines is 1. The monoisotopic (exact) mass is 490 g/mol. The van der Waals surface area contributed by atoms with E-state index >= 15 is 0 Å². The second kappa shape index (κ2) is 9.32. The highest BCUT2D eigenvalue weighted by molar-refractivity contribution is 5.85. The maximum atomic E-state index is 13.7. The van der Waals surface area contributed by atoms with Gasteiger partial charge in [-0.2, -0.15) is 0 Å². The van der Waals surface area contributed by atoms with Crippen LogP contribution in [-0.2, 0) is 19.4 Å². The zero-order valence-corrected chi connectivity index (χ0v) is 21.3. The number of pyridine rings is 1. The number of tetrazole rings is 1. The van der Waals surface area contributed by atoms with E-state index in [0.717, 1.165) is 40.6 Å². The fraction of sp³-hybridized carbons (Fsp3) is 0.267. The van der Waals surface area contributed by atoms with Crippen molar-refractivity contribution < 1.29 is 0 Å². The predicted molar refractivity (Wildman–Crippen MR) is 146 cm³/mol. The number of para-hydroxylation sites is 1. The molecule has 37 heavy (non-hydrogen) atoms. The molecule has 2 unspecified atom stereocenters. The lowest BCUT2D eigenvalue weighted by molar-refractivity contribution is 0.519. The summed E-state index contributed by atoms with van der Waals surface area (Å²) in [4.78, 5) is 19.2. The molecule has 0 aliphatic carbocycles. The van der Waals surface area contributed by atoms with Crippen LogP contribution >= 0.6 is 0 Å². The van der Waals surface area contributed by atoms with Crippen LogP contribution in [0.25, 0.3) is 10.9 Å². The molecule has 0 saturated carbocycles. The van der Waals surface area contributed by atoms with Crippen molar-refractivity contribution >= 4 is 16.6 Å². The van der Waals surface area contributed by atoms with Gasteiger partial charge in [-0.15, -0.1) is 5.10 Å². The van der Waals surface area contributed by atoms with E-state index in [1.807, 2.05) is 41.9 Å². The van der Waals surface area contributed by atoms with Crippen LogP contribution in [-0.4, -0.2) is 31.2 Å². The number of aromatic nitrogens is 5. The van der Waals surface area contributed by atoms with Gasteiger partial charge >= 0.3 is 0 Å². The Balaban J connectivity index is 1.52. The predicted octanol–water partition coefficient (Wildman–Crippen LogP) is 4.91. The van der Waals surface area contributed by atoms with Gasteiger partial charge in [0, 0.05) is 29.2 Å². The Bertz CT molecular complexity index is 1640. The summed E-state index contributed by atoms with van der Waals surface area (Å²) in [5.74, 6) is 0.676. The zero-order valence-electron chi connectivity index (χ0n) is 21.3. The molecule has 7 nitrogen and oxygen atoms in total. The molecule has 0 radical (unpaired) electrons. The Morgan fingerprint density at radius 3 is 2.59 bits per heavy atom. The molecule has 1 aliphatic rings. The minimum Gasteiger partial charge on any atom is -0.354 e. The highest BCUT2D eigenvalue weighted by atomic mass is 16.1. The van der Waals surface area contributed by atoms with E-state index in [-0.39, 0.29) is 11.6 Å². The molecule has 186 valence electrons. The average Bonchev–Trinajstić information content (AvgIpc) is 3.51. The van der Waals surface area contributed by atoms with Crippen molar-refractivity contribution in [3.63, 3.8) is 0 Å². The third kappa shape index (κ3) is 4.10. The molecule has 0 fully saturated rings. The Morgan fingerprint density at radius 1 is 1.00 bits per heavy atom. The normalized spacial score (nSPS) is 15.8. The number of H-pyrrole nitrogens is 1. The second-order valence-corrected chi connectivity index (χ2v) is 10.0. The Hall–Kier alpha value is -4.26. The number of fused-ring (bicyclic) bond motifs is 2. The number of benzene rings is 3.